The number of carbonyl (C=O) groups is 2. The van der Waals surface area contributed by atoms with Crippen molar-refractivity contribution in [2.45, 2.75) is 49.7 Å². The van der Waals surface area contributed by atoms with Gasteiger partial charge in [-0.05, 0) is 32.1 Å². The third-order valence-electron chi connectivity index (χ3n) is 4.27. The molecule has 0 radical (unpaired) electrons. The van der Waals surface area contributed by atoms with Crippen molar-refractivity contribution < 1.29 is 19.4 Å². The summed E-state index contributed by atoms with van der Waals surface area (Å²) in [6.45, 7) is 2.55. The average Bonchev–Trinajstić information content (AvgIpc) is 3.01. The smallest absolute Gasteiger partial charge is 0.327 e. The van der Waals surface area contributed by atoms with E-state index in [0.717, 1.165) is 6.42 Å². The summed E-state index contributed by atoms with van der Waals surface area (Å²) in [5, 5.41) is 12.1. The van der Waals surface area contributed by atoms with Gasteiger partial charge in [0.05, 0.1) is 17.5 Å². The molecule has 2 saturated heterocycles. The first-order chi connectivity index (χ1) is 9.58. The Morgan fingerprint density at radius 2 is 2.10 bits per heavy atom. The quantitative estimate of drug-likeness (QED) is 0.816. The summed E-state index contributed by atoms with van der Waals surface area (Å²) < 4.78 is 5.70. The molecular formula is C13H20N2O4S. The lowest BCUT2D eigenvalue weighted by atomic mass is 10.1. The van der Waals surface area contributed by atoms with Crippen molar-refractivity contribution in [3.63, 3.8) is 0 Å². The van der Waals surface area contributed by atoms with Crippen LogP contribution in [0.4, 0.5) is 4.79 Å². The van der Waals surface area contributed by atoms with E-state index in [0.29, 0.717) is 18.3 Å². The Morgan fingerprint density at radius 1 is 1.35 bits per heavy atom. The first-order valence-corrected chi connectivity index (χ1v) is 8.17. The minimum absolute atomic E-state index is 0.0299. The molecule has 3 aliphatic rings. The van der Waals surface area contributed by atoms with Crippen molar-refractivity contribution in [3.05, 3.63) is 0 Å². The number of amides is 2. The number of hydrogen-bond acceptors (Lipinski definition) is 4. The third kappa shape index (κ3) is 2.61. The van der Waals surface area contributed by atoms with Crippen LogP contribution < -0.4 is 5.32 Å². The Balaban J connectivity index is 1.64. The lowest BCUT2D eigenvalue weighted by Crippen LogP contribution is -2.53. The summed E-state index contributed by atoms with van der Waals surface area (Å²) in [4.78, 5) is 25.1. The monoisotopic (exact) mass is 300 g/mol. The summed E-state index contributed by atoms with van der Waals surface area (Å²) in [5.74, 6) is 0.0961. The van der Waals surface area contributed by atoms with E-state index in [1.807, 2.05) is 6.92 Å². The molecule has 112 valence electrons. The fourth-order valence-electron chi connectivity index (χ4n) is 3.03. The number of urea groups is 1. The van der Waals surface area contributed by atoms with Crippen molar-refractivity contribution in [3.8, 4) is 0 Å². The Kier molecular flexibility index (Phi) is 3.81. The van der Waals surface area contributed by atoms with Crippen LogP contribution in [0.25, 0.3) is 0 Å². The molecule has 2 amide bonds. The Labute approximate surface area is 122 Å². The van der Waals surface area contributed by atoms with Gasteiger partial charge in [-0.1, -0.05) is 0 Å². The van der Waals surface area contributed by atoms with Gasteiger partial charge in [-0.25, -0.2) is 9.59 Å². The Hall–Kier alpha value is -0.950. The molecule has 1 aliphatic carbocycles. The van der Waals surface area contributed by atoms with Crippen LogP contribution in [0, 0.1) is 5.92 Å². The molecule has 0 aromatic carbocycles. The molecule has 1 saturated carbocycles. The first kappa shape index (κ1) is 14.0. The van der Waals surface area contributed by atoms with Crippen molar-refractivity contribution >= 4 is 23.8 Å². The van der Waals surface area contributed by atoms with Gasteiger partial charge in [0.2, 0.25) is 0 Å². The van der Waals surface area contributed by atoms with Gasteiger partial charge in [-0.15, -0.1) is 11.8 Å². The first-order valence-electron chi connectivity index (χ1n) is 7.12. The van der Waals surface area contributed by atoms with Gasteiger partial charge in [0.1, 0.15) is 6.04 Å². The minimum atomic E-state index is -0.932. The number of thioether (sulfide) groups is 1. The van der Waals surface area contributed by atoms with E-state index < -0.39 is 12.0 Å². The van der Waals surface area contributed by atoms with E-state index in [4.69, 9.17) is 4.74 Å². The molecule has 0 spiro atoms. The average molecular weight is 300 g/mol. The van der Waals surface area contributed by atoms with Crippen molar-refractivity contribution in [1.29, 1.82) is 0 Å². The highest BCUT2D eigenvalue weighted by Crippen LogP contribution is 2.39. The zero-order valence-corrected chi connectivity index (χ0v) is 12.3. The van der Waals surface area contributed by atoms with Gasteiger partial charge in [0.15, 0.2) is 0 Å². The molecule has 4 unspecified atom stereocenters. The fourth-order valence-corrected chi connectivity index (χ4v) is 4.20. The molecule has 0 aromatic rings. The maximum absolute atomic E-state index is 12.4. The highest BCUT2D eigenvalue weighted by molar-refractivity contribution is 8.00. The largest absolute Gasteiger partial charge is 0.480 e. The molecule has 6 nitrogen and oxygen atoms in total. The SMILES string of the molecule is CC1SCC(C(=O)O)N1C(=O)NC1CCOC1C1CC1. The number of carbonyl (C=O) groups excluding carboxylic acids is 1. The summed E-state index contributed by atoms with van der Waals surface area (Å²) in [6, 6.07) is -0.963. The number of nitrogens with one attached hydrogen (secondary N) is 1. The van der Waals surface area contributed by atoms with E-state index in [9.17, 15) is 14.7 Å². The Bertz CT molecular complexity index is 415. The third-order valence-corrected chi connectivity index (χ3v) is 5.49. The molecule has 3 rings (SSSR count). The number of aliphatic carboxylic acids is 1. The number of ether oxygens (including phenoxy) is 1. The van der Waals surface area contributed by atoms with E-state index in [1.165, 1.54) is 29.5 Å². The normalized spacial score (nSPS) is 37.1. The highest BCUT2D eigenvalue weighted by Gasteiger charge is 2.44. The number of hydrogen-bond donors (Lipinski definition) is 2. The summed E-state index contributed by atoms with van der Waals surface area (Å²) in [5.41, 5.74) is 0. The van der Waals surface area contributed by atoms with Gasteiger partial charge in [0, 0.05) is 12.4 Å². The van der Waals surface area contributed by atoms with Crippen LogP contribution >= 0.6 is 11.8 Å². The van der Waals surface area contributed by atoms with E-state index in [1.54, 1.807) is 0 Å². The molecule has 4 atom stereocenters. The predicted molar refractivity (Wildman–Crippen MR) is 74.6 cm³/mol. The molecule has 20 heavy (non-hydrogen) atoms. The molecule has 2 N–H and O–H groups in total. The van der Waals surface area contributed by atoms with Gasteiger partial charge in [-0.2, -0.15) is 0 Å². The summed E-state index contributed by atoms with van der Waals surface area (Å²) in [7, 11) is 0. The second-order valence-electron chi connectivity index (χ2n) is 5.71. The van der Waals surface area contributed by atoms with Crippen molar-refractivity contribution in [2.75, 3.05) is 12.4 Å². The maximum Gasteiger partial charge on any atom is 0.327 e. The number of rotatable bonds is 3. The lowest BCUT2D eigenvalue weighted by molar-refractivity contribution is -0.141. The maximum atomic E-state index is 12.4. The highest BCUT2D eigenvalue weighted by atomic mass is 32.2. The van der Waals surface area contributed by atoms with Crippen LogP contribution in [0.1, 0.15) is 26.2 Å². The van der Waals surface area contributed by atoms with E-state index in [2.05, 4.69) is 5.32 Å². The zero-order chi connectivity index (χ0) is 14.3. The zero-order valence-electron chi connectivity index (χ0n) is 11.4. The molecule has 3 fully saturated rings. The van der Waals surface area contributed by atoms with Crippen LogP contribution in [0.5, 0.6) is 0 Å². The van der Waals surface area contributed by atoms with Gasteiger partial charge in [0.25, 0.3) is 0 Å². The second-order valence-corrected chi connectivity index (χ2v) is 7.06. The number of carboxylic acid groups (broad SMARTS) is 1. The number of nitrogens with zero attached hydrogens (tertiary/aromatic N) is 1. The van der Waals surface area contributed by atoms with E-state index >= 15 is 0 Å². The number of carboxylic acids is 1. The molecular weight excluding hydrogens is 280 g/mol. The molecule has 2 heterocycles. The van der Waals surface area contributed by atoms with Crippen LogP contribution in [0.2, 0.25) is 0 Å². The van der Waals surface area contributed by atoms with Gasteiger partial charge >= 0.3 is 12.0 Å². The van der Waals surface area contributed by atoms with Crippen LogP contribution in [-0.2, 0) is 9.53 Å². The topological polar surface area (TPSA) is 78.9 Å². The molecule has 2 aliphatic heterocycles. The summed E-state index contributed by atoms with van der Waals surface area (Å²) in [6.07, 6.45) is 3.28. The van der Waals surface area contributed by atoms with Gasteiger partial charge < -0.3 is 15.2 Å². The predicted octanol–water partition coefficient (Wildman–Crippen LogP) is 1.11. The van der Waals surface area contributed by atoms with Gasteiger partial charge in [-0.3, -0.25) is 4.90 Å². The molecule has 0 aromatic heterocycles. The minimum Gasteiger partial charge on any atom is -0.480 e. The van der Waals surface area contributed by atoms with Crippen LogP contribution in [0.15, 0.2) is 0 Å². The van der Waals surface area contributed by atoms with Crippen molar-refractivity contribution in [1.82, 2.24) is 10.2 Å². The van der Waals surface area contributed by atoms with Crippen LogP contribution in [0.3, 0.4) is 0 Å². The standard InChI is InChI=1S/C13H20N2O4S/c1-7-15(10(6-20-7)12(16)17)13(18)14-9-4-5-19-11(9)8-2-3-8/h7-11H,2-6H2,1H3,(H,14,18)(H,16,17). The Morgan fingerprint density at radius 3 is 2.75 bits per heavy atom. The molecule has 7 heteroatoms. The molecule has 0 bridgehead atoms. The van der Waals surface area contributed by atoms with E-state index in [-0.39, 0.29) is 23.6 Å². The lowest BCUT2D eigenvalue weighted by Gasteiger charge is -2.28. The van der Waals surface area contributed by atoms with Crippen molar-refractivity contribution in [2.24, 2.45) is 5.92 Å². The summed E-state index contributed by atoms with van der Waals surface area (Å²) >= 11 is 1.50. The fraction of sp³-hybridized carbons (Fsp3) is 0.846. The van der Waals surface area contributed by atoms with Crippen LogP contribution in [-0.4, -0.2) is 57.9 Å². The second kappa shape index (κ2) is 5.44.